The fourth-order valence-electron chi connectivity index (χ4n) is 3.24. The Bertz CT molecular complexity index is 1160. The van der Waals surface area contributed by atoms with E-state index in [1.165, 1.54) is 6.08 Å². The van der Waals surface area contributed by atoms with E-state index in [4.69, 9.17) is 32.7 Å². The number of hydrogen-bond donors (Lipinski definition) is 0. The fourth-order valence-corrected chi connectivity index (χ4v) is 3.53. The quantitative estimate of drug-likeness (QED) is 0.253. The third-order valence-corrected chi connectivity index (χ3v) is 5.48. The van der Waals surface area contributed by atoms with Gasteiger partial charge in [-0.25, -0.2) is 4.79 Å². The SMILES string of the molecule is COc1cccc(C=CC(=O)OCC(=O)c2cc(C)n(-c3ccc(Cl)c(Cl)c3)c2C)c1. The predicted molar refractivity (Wildman–Crippen MR) is 123 cm³/mol. The fraction of sp³-hybridized carbons (Fsp3) is 0.167. The van der Waals surface area contributed by atoms with Crippen molar-refractivity contribution in [3.05, 3.63) is 87.2 Å². The van der Waals surface area contributed by atoms with Crippen molar-refractivity contribution in [1.29, 1.82) is 0 Å². The van der Waals surface area contributed by atoms with Gasteiger partial charge in [-0.15, -0.1) is 0 Å². The number of Topliss-reactive ketones (excluding diaryl/α,β-unsaturated/α-hetero) is 1. The Labute approximate surface area is 190 Å². The van der Waals surface area contributed by atoms with Gasteiger partial charge in [-0.05, 0) is 61.9 Å². The third kappa shape index (κ3) is 5.37. The van der Waals surface area contributed by atoms with Crippen molar-refractivity contribution in [3.63, 3.8) is 0 Å². The highest BCUT2D eigenvalue weighted by Crippen LogP contribution is 2.28. The average molecular weight is 458 g/mol. The topological polar surface area (TPSA) is 57.5 Å². The van der Waals surface area contributed by atoms with Crippen molar-refractivity contribution in [3.8, 4) is 11.4 Å². The summed E-state index contributed by atoms with van der Waals surface area (Å²) in [6, 6.07) is 14.3. The van der Waals surface area contributed by atoms with Gasteiger partial charge in [0.15, 0.2) is 6.61 Å². The lowest BCUT2D eigenvalue weighted by Crippen LogP contribution is -2.13. The first-order valence-electron chi connectivity index (χ1n) is 9.46. The van der Waals surface area contributed by atoms with Crippen LogP contribution in [0.3, 0.4) is 0 Å². The van der Waals surface area contributed by atoms with E-state index >= 15 is 0 Å². The Morgan fingerprint density at radius 2 is 1.81 bits per heavy atom. The summed E-state index contributed by atoms with van der Waals surface area (Å²) in [6.45, 7) is 3.36. The number of benzene rings is 2. The number of esters is 1. The molecule has 31 heavy (non-hydrogen) atoms. The number of ketones is 1. The second kappa shape index (κ2) is 9.86. The molecule has 160 valence electrons. The summed E-state index contributed by atoms with van der Waals surface area (Å²) in [5, 5.41) is 0.884. The van der Waals surface area contributed by atoms with Crippen molar-refractivity contribution in [1.82, 2.24) is 4.57 Å². The van der Waals surface area contributed by atoms with E-state index in [2.05, 4.69) is 0 Å². The summed E-state index contributed by atoms with van der Waals surface area (Å²) in [6.07, 6.45) is 2.88. The average Bonchev–Trinajstić information content (AvgIpc) is 3.06. The van der Waals surface area contributed by atoms with E-state index in [1.807, 2.05) is 42.7 Å². The predicted octanol–water partition coefficient (Wildman–Crippen LogP) is 5.85. The number of aryl methyl sites for hydroxylation is 1. The number of ether oxygens (including phenoxy) is 2. The maximum absolute atomic E-state index is 12.7. The van der Waals surface area contributed by atoms with Gasteiger partial charge in [-0.2, -0.15) is 0 Å². The van der Waals surface area contributed by atoms with E-state index in [-0.39, 0.29) is 12.4 Å². The van der Waals surface area contributed by atoms with Crippen LogP contribution in [0.4, 0.5) is 0 Å². The summed E-state index contributed by atoms with van der Waals surface area (Å²) >= 11 is 12.1. The smallest absolute Gasteiger partial charge is 0.331 e. The molecule has 0 atom stereocenters. The van der Waals surface area contributed by atoms with E-state index < -0.39 is 5.97 Å². The molecule has 0 aliphatic carbocycles. The molecule has 0 amide bonds. The van der Waals surface area contributed by atoms with E-state index in [0.717, 1.165) is 22.6 Å². The number of halogens is 2. The van der Waals surface area contributed by atoms with Crippen molar-refractivity contribution >= 4 is 41.0 Å². The Hall–Kier alpha value is -3.02. The molecule has 0 aliphatic rings. The van der Waals surface area contributed by atoms with Gasteiger partial charge in [0, 0.05) is 28.7 Å². The van der Waals surface area contributed by atoms with Crippen molar-refractivity contribution in [2.24, 2.45) is 0 Å². The molecule has 1 heterocycles. The highest BCUT2D eigenvalue weighted by atomic mass is 35.5. The van der Waals surface area contributed by atoms with Gasteiger partial charge in [0.2, 0.25) is 5.78 Å². The van der Waals surface area contributed by atoms with Gasteiger partial charge in [-0.3, -0.25) is 4.79 Å². The first-order valence-corrected chi connectivity index (χ1v) is 10.2. The van der Waals surface area contributed by atoms with Crippen molar-refractivity contribution in [2.45, 2.75) is 13.8 Å². The lowest BCUT2D eigenvalue weighted by Gasteiger charge is -2.11. The van der Waals surface area contributed by atoms with Gasteiger partial charge in [0.25, 0.3) is 0 Å². The summed E-state index contributed by atoms with van der Waals surface area (Å²) < 4.78 is 12.2. The van der Waals surface area contributed by atoms with Crippen LogP contribution in [0.1, 0.15) is 27.3 Å². The lowest BCUT2D eigenvalue weighted by atomic mass is 10.1. The number of rotatable bonds is 7. The molecule has 1 aromatic heterocycles. The Morgan fingerprint density at radius 1 is 1.03 bits per heavy atom. The molecular weight excluding hydrogens is 437 g/mol. The van der Waals surface area contributed by atoms with Crippen LogP contribution in [0.15, 0.2) is 54.6 Å². The molecule has 7 heteroatoms. The van der Waals surface area contributed by atoms with E-state index in [1.54, 1.807) is 37.5 Å². The Morgan fingerprint density at radius 3 is 2.52 bits per heavy atom. The van der Waals surface area contributed by atoms with Crippen LogP contribution in [-0.4, -0.2) is 30.0 Å². The first kappa shape index (κ1) is 22.7. The minimum atomic E-state index is -0.602. The molecule has 3 rings (SSSR count). The van der Waals surface area contributed by atoms with Gasteiger partial charge in [0.05, 0.1) is 17.2 Å². The number of carbonyl (C=O) groups is 2. The van der Waals surface area contributed by atoms with Crippen LogP contribution < -0.4 is 4.74 Å². The summed E-state index contributed by atoms with van der Waals surface area (Å²) in [4.78, 5) is 24.7. The molecule has 0 fully saturated rings. The number of nitrogens with zero attached hydrogens (tertiary/aromatic N) is 1. The summed E-state index contributed by atoms with van der Waals surface area (Å²) in [7, 11) is 1.57. The third-order valence-electron chi connectivity index (χ3n) is 4.74. The van der Waals surface area contributed by atoms with Gasteiger partial charge in [0.1, 0.15) is 5.75 Å². The molecule has 0 saturated heterocycles. The molecule has 0 unspecified atom stereocenters. The van der Waals surface area contributed by atoms with Gasteiger partial charge >= 0.3 is 5.97 Å². The highest BCUT2D eigenvalue weighted by Gasteiger charge is 2.18. The molecule has 0 spiro atoms. The zero-order valence-corrected chi connectivity index (χ0v) is 18.8. The maximum atomic E-state index is 12.7. The van der Waals surface area contributed by atoms with Crippen LogP contribution in [0.5, 0.6) is 5.75 Å². The van der Waals surface area contributed by atoms with Crippen LogP contribution in [0.2, 0.25) is 10.0 Å². The Balaban J connectivity index is 1.68. The lowest BCUT2D eigenvalue weighted by molar-refractivity contribution is -0.136. The van der Waals surface area contributed by atoms with Crippen LogP contribution in [-0.2, 0) is 9.53 Å². The van der Waals surface area contributed by atoms with Crippen molar-refractivity contribution < 1.29 is 19.1 Å². The first-order chi connectivity index (χ1) is 14.8. The summed E-state index contributed by atoms with van der Waals surface area (Å²) in [5.74, 6) is -0.208. The van der Waals surface area contributed by atoms with E-state index in [0.29, 0.717) is 21.4 Å². The van der Waals surface area contributed by atoms with Crippen LogP contribution in [0.25, 0.3) is 11.8 Å². The molecule has 3 aromatic rings. The second-order valence-electron chi connectivity index (χ2n) is 6.86. The zero-order valence-electron chi connectivity index (χ0n) is 17.3. The number of aromatic nitrogens is 1. The molecule has 0 saturated carbocycles. The van der Waals surface area contributed by atoms with Crippen LogP contribution in [0, 0.1) is 13.8 Å². The number of methoxy groups -OCH3 is 1. The molecule has 5 nitrogen and oxygen atoms in total. The van der Waals surface area contributed by atoms with Gasteiger partial charge < -0.3 is 14.0 Å². The maximum Gasteiger partial charge on any atom is 0.331 e. The summed E-state index contributed by atoms with van der Waals surface area (Å²) in [5.41, 5.74) is 3.63. The Kier molecular flexibility index (Phi) is 7.21. The molecular formula is C24H21Cl2NO4. The molecule has 0 aliphatic heterocycles. The van der Waals surface area contributed by atoms with Gasteiger partial charge in [-0.1, -0.05) is 35.3 Å². The standard InChI is InChI=1S/C24H21Cl2NO4/c1-15-11-20(16(2)27(15)18-8-9-21(25)22(26)13-18)23(28)14-31-24(29)10-7-17-5-4-6-19(12-17)30-3/h4-13H,14H2,1-3H3. The minimum absolute atomic E-state index is 0.289. The monoisotopic (exact) mass is 457 g/mol. The van der Waals surface area contributed by atoms with E-state index in [9.17, 15) is 9.59 Å². The zero-order chi connectivity index (χ0) is 22.5. The van der Waals surface area contributed by atoms with Crippen LogP contribution >= 0.6 is 23.2 Å². The molecule has 0 bridgehead atoms. The normalized spacial score (nSPS) is 11.0. The highest BCUT2D eigenvalue weighted by molar-refractivity contribution is 6.42. The molecule has 2 aromatic carbocycles. The largest absolute Gasteiger partial charge is 0.497 e. The number of hydrogen-bond acceptors (Lipinski definition) is 4. The minimum Gasteiger partial charge on any atom is -0.497 e. The molecule has 0 N–H and O–H groups in total. The second-order valence-corrected chi connectivity index (χ2v) is 7.67. The molecule has 0 radical (unpaired) electrons. The number of carbonyl (C=O) groups excluding carboxylic acids is 2. The van der Waals surface area contributed by atoms with Crippen molar-refractivity contribution in [2.75, 3.05) is 13.7 Å².